The van der Waals surface area contributed by atoms with Crippen LogP contribution >= 0.6 is 0 Å². The van der Waals surface area contributed by atoms with Crippen LogP contribution in [-0.4, -0.2) is 44.3 Å². The zero-order chi connectivity index (χ0) is 23.5. The molecule has 0 aliphatic rings. The number of methoxy groups -OCH3 is 2. The maximum Gasteiger partial charge on any atom is 0.408 e. The van der Waals surface area contributed by atoms with Crippen LogP contribution in [0.25, 0.3) is 0 Å². The van der Waals surface area contributed by atoms with Crippen LogP contribution in [0.5, 0.6) is 5.75 Å². The summed E-state index contributed by atoms with van der Waals surface area (Å²) in [5.41, 5.74) is 1.62. The molecule has 0 aliphatic heterocycles. The van der Waals surface area contributed by atoms with E-state index in [0.717, 1.165) is 11.1 Å². The van der Waals surface area contributed by atoms with Gasteiger partial charge in [0.25, 0.3) is 0 Å². The molecule has 2 aromatic carbocycles. The molecule has 2 N–H and O–H groups in total. The molecule has 0 aliphatic carbocycles. The van der Waals surface area contributed by atoms with Crippen LogP contribution in [0.15, 0.2) is 54.6 Å². The molecule has 0 aromatic heterocycles. The number of benzene rings is 2. The lowest BCUT2D eigenvalue weighted by Gasteiger charge is -2.24. The van der Waals surface area contributed by atoms with Gasteiger partial charge in [0, 0.05) is 6.42 Å². The Morgan fingerprint density at radius 1 is 0.906 bits per heavy atom. The monoisotopic (exact) mass is 442 g/mol. The third-order valence-electron chi connectivity index (χ3n) is 4.81. The molecule has 0 spiro atoms. The Bertz CT molecular complexity index is 900. The van der Waals surface area contributed by atoms with E-state index in [-0.39, 0.29) is 18.9 Å². The number of nitrogens with one attached hydrogen (secondary N) is 2. The first kappa shape index (κ1) is 24.7. The van der Waals surface area contributed by atoms with Crippen molar-refractivity contribution in [3.05, 3.63) is 65.7 Å². The van der Waals surface area contributed by atoms with Gasteiger partial charge in [-0.25, -0.2) is 9.59 Å². The van der Waals surface area contributed by atoms with Gasteiger partial charge < -0.3 is 24.8 Å². The van der Waals surface area contributed by atoms with Crippen LogP contribution in [-0.2, 0) is 32.1 Å². The summed E-state index contributed by atoms with van der Waals surface area (Å²) in [6.07, 6.45) is -0.510. The average Bonchev–Trinajstić information content (AvgIpc) is 2.80. The number of hydrogen-bond donors (Lipinski definition) is 2. The molecule has 2 rings (SSSR count). The van der Waals surface area contributed by atoms with Crippen molar-refractivity contribution in [1.82, 2.24) is 10.6 Å². The fraction of sp³-hybridized carbons (Fsp3) is 0.375. The second-order valence-corrected chi connectivity index (χ2v) is 7.57. The molecule has 8 heteroatoms. The summed E-state index contributed by atoms with van der Waals surface area (Å²) in [5, 5.41) is 5.28. The van der Waals surface area contributed by atoms with Crippen molar-refractivity contribution >= 4 is 18.0 Å². The van der Waals surface area contributed by atoms with E-state index in [1.807, 2.05) is 36.4 Å². The van der Waals surface area contributed by atoms with E-state index < -0.39 is 30.1 Å². The number of esters is 1. The standard InChI is InChI=1S/C24H30N2O6/c1-16(2)21(26-24(29)32-15-17-9-6-5-7-10-17)22(27)25-20(23(28)31-4)14-18-11-8-12-19(13-18)30-3/h5-13,16,20-21H,14-15H2,1-4H3,(H,25,27)(H,26,29)/t20-,21-/m0/s1. The minimum absolute atomic E-state index is 0.0831. The number of ether oxygens (including phenoxy) is 3. The molecule has 0 fully saturated rings. The second kappa shape index (κ2) is 12.3. The van der Waals surface area contributed by atoms with Crippen LogP contribution in [0, 0.1) is 5.92 Å². The Labute approximate surface area is 188 Å². The van der Waals surface area contributed by atoms with Crippen LogP contribution in [0.3, 0.4) is 0 Å². The van der Waals surface area contributed by atoms with Gasteiger partial charge >= 0.3 is 12.1 Å². The van der Waals surface area contributed by atoms with Crippen LogP contribution in [0.2, 0.25) is 0 Å². The Morgan fingerprint density at radius 2 is 1.59 bits per heavy atom. The van der Waals surface area contributed by atoms with E-state index >= 15 is 0 Å². The lowest BCUT2D eigenvalue weighted by molar-refractivity contribution is -0.145. The van der Waals surface area contributed by atoms with Crippen molar-refractivity contribution in [2.24, 2.45) is 5.92 Å². The van der Waals surface area contributed by atoms with Gasteiger partial charge in [0.1, 0.15) is 24.4 Å². The largest absolute Gasteiger partial charge is 0.497 e. The highest BCUT2D eigenvalue weighted by Gasteiger charge is 2.30. The molecule has 8 nitrogen and oxygen atoms in total. The smallest absolute Gasteiger partial charge is 0.408 e. The summed E-state index contributed by atoms with van der Waals surface area (Å²) >= 11 is 0. The van der Waals surface area contributed by atoms with Gasteiger partial charge in [0.05, 0.1) is 14.2 Å². The van der Waals surface area contributed by atoms with Crippen molar-refractivity contribution in [2.75, 3.05) is 14.2 Å². The number of rotatable bonds is 10. The molecular weight excluding hydrogens is 412 g/mol. The second-order valence-electron chi connectivity index (χ2n) is 7.57. The highest BCUT2D eigenvalue weighted by molar-refractivity contribution is 5.90. The maximum absolute atomic E-state index is 12.9. The SMILES string of the molecule is COC(=O)[C@H](Cc1cccc(OC)c1)NC(=O)[C@@H](NC(=O)OCc1ccccc1)C(C)C. The van der Waals surface area contributed by atoms with Gasteiger partial charge in [-0.1, -0.05) is 56.3 Å². The molecule has 2 aromatic rings. The number of amides is 2. The summed E-state index contributed by atoms with van der Waals surface area (Å²) in [6, 6.07) is 14.6. The van der Waals surface area contributed by atoms with E-state index in [2.05, 4.69) is 10.6 Å². The molecule has 0 heterocycles. The molecule has 32 heavy (non-hydrogen) atoms. The van der Waals surface area contributed by atoms with Gasteiger partial charge in [0.15, 0.2) is 0 Å². The summed E-state index contributed by atoms with van der Waals surface area (Å²) < 4.78 is 15.3. The van der Waals surface area contributed by atoms with Gasteiger partial charge in [-0.05, 0) is 29.2 Å². The van der Waals surface area contributed by atoms with E-state index in [4.69, 9.17) is 14.2 Å². The Kier molecular flexibility index (Phi) is 9.53. The Balaban J connectivity index is 2.03. The molecule has 2 amide bonds. The molecule has 172 valence electrons. The topological polar surface area (TPSA) is 103 Å². The third-order valence-corrected chi connectivity index (χ3v) is 4.81. The maximum atomic E-state index is 12.9. The number of alkyl carbamates (subject to hydrolysis) is 1. The predicted octanol–water partition coefficient (Wildman–Crippen LogP) is 2.85. The fourth-order valence-corrected chi connectivity index (χ4v) is 3.06. The summed E-state index contributed by atoms with van der Waals surface area (Å²) in [4.78, 5) is 37.5. The van der Waals surface area contributed by atoms with E-state index in [1.54, 1.807) is 39.2 Å². The van der Waals surface area contributed by atoms with Gasteiger partial charge in [0.2, 0.25) is 5.91 Å². The van der Waals surface area contributed by atoms with Gasteiger partial charge in [-0.3, -0.25) is 4.79 Å². The van der Waals surface area contributed by atoms with Gasteiger partial charge in [-0.15, -0.1) is 0 Å². The van der Waals surface area contributed by atoms with E-state index in [9.17, 15) is 14.4 Å². The predicted molar refractivity (Wildman–Crippen MR) is 119 cm³/mol. The molecule has 2 atom stereocenters. The minimum atomic E-state index is -0.928. The number of carbonyl (C=O) groups is 3. The zero-order valence-corrected chi connectivity index (χ0v) is 18.8. The zero-order valence-electron chi connectivity index (χ0n) is 18.8. The van der Waals surface area contributed by atoms with Crippen molar-refractivity contribution < 1.29 is 28.6 Å². The summed E-state index contributed by atoms with van der Waals surface area (Å²) in [7, 11) is 2.81. The minimum Gasteiger partial charge on any atom is -0.497 e. The number of hydrogen-bond acceptors (Lipinski definition) is 6. The molecule has 0 bridgehead atoms. The van der Waals surface area contributed by atoms with Crippen LogP contribution in [0.4, 0.5) is 4.79 Å². The summed E-state index contributed by atoms with van der Waals surface area (Å²) in [6.45, 7) is 3.66. The van der Waals surface area contributed by atoms with Crippen molar-refractivity contribution in [1.29, 1.82) is 0 Å². The molecular formula is C24H30N2O6. The normalized spacial score (nSPS) is 12.4. The molecule has 0 saturated heterocycles. The van der Waals surface area contributed by atoms with Crippen molar-refractivity contribution in [3.8, 4) is 5.75 Å². The van der Waals surface area contributed by atoms with Crippen LogP contribution < -0.4 is 15.4 Å². The first-order valence-corrected chi connectivity index (χ1v) is 10.3. The Hall–Kier alpha value is -3.55. The first-order valence-electron chi connectivity index (χ1n) is 10.3. The van der Waals surface area contributed by atoms with Crippen molar-refractivity contribution in [2.45, 2.75) is 39.0 Å². The summed E-state index contributed by atoms with van der Waals surface area (Å²) in [5.74, 6) is -0.694. The van der Waals surface area contributed by atoms with Gasteiger partial charge in [-0.2, -0.15) is 0 Å². The molecule has 0 unspecified atom stereocenters. The Morgan fingerprint density at radius 3 is 2.22 bits per heavy atom. The lowest BCUT2D eigenvalue weighted by Crippen LogP contribution is -2.54. The molecule has 0 radical (unpaired) electrons. The highest BCUT2D eigenvalue weighted by Crippen LogP contribution is 2.15. The van der Waals surface area contributed by atoms with E-state index in [0.29, 0.717) is 5.75 Å². The first-order chi connectivity index (χ1) is 15.3. The quantitative estimate of drug-likeness (QED) is 0.549. The number of carbonyl (C=O) groups excluding carboxylic acids is 3. The average molecular weight is 443 g/mol. The van der Waals surface area contributed by atoms with Crippen molar-refractivity contribution in [3.63, 3.8) is 0 Å². The lowest BCUT2D eigenvalue weighted by atomic mass is 10.0. The highest BCUT2D eigenvalue weighted by atomic mass is 16.5. The fourth-order valence-electron chi connectivity index (χ4n) is 3.06. The van der Waals surface area contributed by atoms with Crippen LogP contribution in [0.1, 0.15) is 25.0 Å². The third kappa shape index (κ3) is 7.61. The molecule has 0 saturated carbocycles. The van der Waals surface area contributed by atoms with E-state index in [1.165, 1.54) is 7.11 Å².